The highest BCUT2D eigenvalue weighted by atomic mass is 32.2. The quantitative estimate of drug-likeness (QED) is 0.254. The summed E-state index contributed by atoms with van der Waals surface area (Å²) in [6, 6.07) is 2.10. The van der Waals surface area contributed by atoms with E-state index in [1.54, 1.807) is 22.5 Å². The number of carboxylic acids is 1. The van der Waals surface area contributed by atoms with Gasteiger partial charge in [0.05, 0.1) is 4.91 Å². The van der Waals surface area contributed by atoms with Crippen LogP contribution in [0.3, 0.4) is 0 Å². The van der Waals surface area contributed by atoms with Gasteiger partial charge in [0.1, 0.15) is 21.8 Å². The predicted octanol–water partition coefficient (Wildman–Crippen LogP) is 3.43. The van der Waals surface area contributed by atoms with Gasteiger partial charge in [-0.15, -0.1) is 0 Å². The summed E-state index contributed by atoms with van der Waals surface area (Å²) in [5.74, 6) is -0.249. The molecule has 0 bridgehead atoms. The highest BCUT2D eigenvalue weighted by molar-refractivity contribution is 8.26. The molecule has 1 aromatic heterocycles. The molecule has 37 heavy (non-hydrogen) atoms. The van der Waals surface area contributed by atoms with Crippen molar-refractivity contribution in [2.45, 2.75) is 58.9 Å². The second-order valence-electron chi connectivity index (χ2n) is 9.49. The monoisotopic (exact) mass is 545 g/mol. The Morgan fingerprint density at radius 2 is 1.84 bits per heavy atom. The predicted molar refractivity (Wildman–Crippen MR) is 151 cm³/mol. The molecular weight excluding hydrogens is 510 g/mol. The van der Waals surface area contributed by atoms with Crippen molar-refractivity contribution in [1.29, 1.82) is 5.26 Å². The lowest BCUT2D eigenvalue weighted by atomic mass is 10.0. The van der Waals surface area contributed by atoms with Gasteiger partial charge in [0, 0.05) is 51.3 Å². The van der Waals surface area contributed by atoms with Crippen molar-refractivity contribution >= 4 is 52.1 Å². The van der Waals surface area contributed by atoms with Gasteiger partial charge in [-0.3, -0.25) is 23.9 Å². The molecule has 0 atom stereocenters. The van der Waals surface area contributed by atoms with Crippen LogP contribution in [0.1, 0.15) is 62.1 Å². The zero-order valence-electron chi connectivity index (χ0n) is 21.8. The van der Waals surface area contributed by atoms with E-state index in [1.165, 1.54) is 11.8 Å². The molecule has 3 rings (SSSR count). The topological polar surface area (TPSA) is 110 Å². The zero-order chi connectivity index (χ0) is 27.1. The maximum atomic E-state index is 13.4. The summed E-state index contributed by atoms with van der Waals surface area (Å²) in [5.41, 5.74) is 1.12. The van der Waals surface area contributed by atoms with Gasteiger partial charge in [-0.05, 0) is 44.9 Å². The summed E-state index contributed by atoms with van der Waals surface area (Å²) in [6.45, 7) is 7.97. The average Bonchev–Trinajstić information content (AvgIpc) is 3.12. The molecule has 1 N–H and O–H groups in total. The van der Waals surface area contributed by atoms with E-state index in [2.05, 4.69) is 29.8 Å². The first-order valence-electron chi connectivity index (χ1n) is 12.8. The number of amides is 1. The van der Waals surface area contributed by atoms with Crippen molar-refractivity contribution in [3.05, 3.63) is 31.9 Å². The SMILES string of the molecule is CCCCn1c(N2CCN(C)CC2)c(C=C2SC(=S)N(CCCCCC(=O)O)C2=O)c(C)c(C#N)c1=O. The van der Waals surface area contributed by atoms with Crippen LogP contribution in [0.5, 0.6) is 0 Å². The van der Waals surface area contributed by atoms with E-state index < -0.39 is 5.97 Å². The third-order valence-electron chi connectivity index (χ3n) is 6.81. The molecule has 0 spiro atoms. The van der Waals surface area contributed by atoms with Crippen LogP contribution in [-0.2, 0) is 16.1 Å². The van der Waals surface area contributed by atoms with Gasteiger partial charge in [0.2, 0.25) is 0 Å². The number of thioether (sulfide) groups is 1. The Kier molecular flexibility index (Phi) is 10.3. The number of rotatable bonds is 11. The Labute approximate surface area is 227 Å². The van der Waals surface area contributed by atoms with E-state index in [9.17, 15) is 19.6 Å². The van der Waals surface area contributed by atoms with Crippen LogP contribution in [0.15, 0.2) is 9.70 Å². The number of aromatic nitrogens is 1. The van der Waals surface area contributed by atoms with Gasteiger partial charge in [0.25, 0.3) is 11.5 Å². The zero-order valence-corrected chi connectivity index (χ0v) is 23.4. The molecule has 2 aliphatic rings. The first kappa shape index (κ1) is 28.9. The summed E-state index contributed by atoms with van der Waals surface area (Å²) in [5, 5.41) is 18.7. The number of nitrogens with zero attached hydrogens (tertiary/aromatic N) is 5. The number of likely N-dealkylation sites (N-methyl/N-ethyl adjacent to an activating group) is 1. The molecule has 2 aliphatic heterocycles. The van der Waals surface area contributed by atoms with Crippen molar-refractivity contribution in [3.63, 3.8) is 0 Å². The fourth-order valence-electron chi connectivity index (χ4n) is 4.57. The van der Waals surface area contributed by atoms with Crippen LogP contribution in [-0.4, -0.2) is 75.4 Å². The van der Waals surface area contributed by atoms with E-state index in [0.717, 1.165) is 50.4 Å². The van der Waals surface area contributed by atoms with Crippen molar-refractivity contribution in [3.8, 4) is 6.07 Å². The molecule has 200 valence electrons. The van der Waals surface area contributed by atoms with Gasteiger partial charge < -0.3 is 14.9 Å². The summed E-state index contributed by atoms with van der Waals surface area (Å²) in [6.07, 6.45) is 5.55. The number of carbonyl (C=O) groups excluding carboxylic acids is 1. The molecule has 1 amide bonds. The molecule has 11 heteroatoms. The molecular formula is C26H35N5O4S2. The van der Waals surface area contributed by atoms with Gasteiger partial charge in [0.15, 0.2) is 0 Å². The summed E-state index contributed by atoms with van der Waals surface area (Å²) < 4.78 is 2.18. The fraction of sp³-hybridized carbons (Fsp3) is 0.577. The number of anilines is 1. The van der Waals surface area contributed by atoms with Crippen molar-refractivity contribution in [1.82, 2.24) is 14.4 Å². The average molecular weight is 546 g/mol. The lowest BCUT2D eigenvalue weighted by Crippen LogP contribution is -2.47. The number of hydrogen-bond donors (Lipinski definition) is 1. The number of carbonyl (C=O) groups is 2. The van der Waals surface area contributed by atoms with Crippen LogP contribution < -0.4 is 10.5 Å². The second kappa shape index (κ2) is 13.2. The van der Waals surface area contributed by atoms with Crippen LogP contribution in [0, 0.1) is 18.3 Å². The Morgan fingerprint density at radius 3 is 2.46 bits per heavy atom. The van der Waals surface area contributed by atoms with Crippen LogP contribution in [0.25, 0.3) is 6.08 Å². The van der Waals surface area contributed by atoms with E-state index in [-0.39, 0.29) is 23.5 Å². The lowest BCUT2D eigenvalue weighted by Gasteiger charge is -2.36. The number of carboxylic acid groups (broad SMARTS) is 1. The summed E-state index contributed by atoms with van der Waals surface area (Å²) in [4.78, 5) is 43.9. The maximum Gasteiger partial charge on any atom is 0.303 e. The Bertz CT molecular complexity index is 1180. The third-order valence-corrected chi connectivity index (χ3v) is 8.18. The largest absolute Gasteiger partial charge is 0.481 e. The molecule has 0 aliphatic carbocycles. The highest BCUT2D eigenvalue weighted by Gasteiger charge is 2.33. The normalized spacial score (nSPS) is 17.6. The molecule has 9 nitrogen and oxygen atoms in total. The number of aliphatic carboxylic acids is 1. The Hall–Kier alpha value is -2.68. The number of pyridine rings is 1. The lowest BCUT2D eigenvalue weighted by molar-refractivity contribution is -0.137. The van der Waals surface area contributed by atoms with E-state index in [1.807, 2.05) is 0 Å². The minimum atomic E-state index is -0.822. The highest BCUT2D eigenvalue weighted by Crippen LogP contribution is 2.36. The van der Waals surface area contributed by atoms with Crippen molar-refractivity contribution in [2.24, 2.45) is 0 Å². The summed E-state index contributed by atoms with van der Waals surface area (Å²) >= 11 is 6.73. The number of nitriles is 1. The van der Waals surface area contributed by atoms with E-state index in [4.69, 9.17) is 17.3 Å². The van der Waals surface area contributed by atoms with Crippen molar-refractivity contribution < 1.29 is 14.7 Å². The number of hydrogen-bond acceptors (Lipinski definition) is 8. The van der Waals surface area contributed by atoms with Crippen LogP contribution in [0.4, 0.5) is 5.82 Å². The molecule has 3 heterocycles. The molecule has 0 saturated carbocycles. The molecule has 2 saturated heterocycles. The third kappa shape index (κ3) is 6.80. The smallest absolute Gasteiger partial charge is 0.303 e. The molecule has 0 radical (unpaired) electrons. The molecule has 1 aromatic rings. The van der Waals surface area contributed by atoms with Gasteiger partial charge in [-0.2, -0.15) is 5.26 Å². The number of unbranched alkanes of at least 4 members (excludes halogenated alkanes) is 3. The minimum absolute atomic E-state index is 0.106. The summed E-state index contributed by atoms with van der Waals surface area (Å²) in [7, 11) is 2.07. The maximum absolute atomic E-state index is 13.4. The first-order valence-corrected chi connectivity index (χ1v) is 14.0. The minimum Gasteiger partial charge on any atom is -0.481 e. The van der Waals surface area contributed by atoms with Gasteiger partial charge >= 0.3 is 5.97 Å². The number of thiocarbonyl (C=S) groups is 1. The Balaban J connectivity index is 2.00. The molecule has 2 fully saturated rings. The van der Waals surface area contributed by atoms with E-state index in [0.29, 0.717) is 47.1 Å². The molecule has 0 aromatic carbocycles. The van der Waals surface area contributed by atoms with Gasteiger partial charge in [-0.1, -0.05) is 43.7 Å². The van der Waals surface area contributed by atoms with Gasteiger partial charge in [-0.25, -0.2) is 0 Å². The fourth-order valence-corrected chi connectivity index (χ4v) is 5.86. The molecule has 0 unspecified atom stereocenters. The standard InChI is InChI=1S/C26H35N5O4S2/c1-4-5-10-30-23(29-14-12-28(3)13-15-29)19(18(2)20(17-27)24(30)34)16-21-25(35)31(26(36)37-21)11-8-6-7-9-22(32)33/h16H,4-15H2,1-3H3,(H,32,33). The van der Waals surface area contributed by atoms with Crippen LogP contribution in [0.2, 0.25) is 0 Å². The van der Waals surface area contributed by atoms with E-state index >= 15 is 0 Å². The van der Waals surface area contributed by atoms with Crippen molar-refractivity contribution in [2.75, 3.05) is 44.7 Å². The second-order valence-corrected chi connectivity index (χ2v) is 11.2. The number of piperazine rings is 1. The first-order chi connectivity index (χ1) is 17.7. The van der Waals surface area contributed by atoms with Crippen LogP contribution >= 0.6 is 24.0 Å². The Morgan fingerprint density at radius 1 is 1.14 bits per heavy atom.